The van der Waals surface area contributed by atoms with Gasteiger partial charge >= 0.3 is 0 Å². The summed E-state index contributed by atoms with van der Waals surface area (Å²) >= 11 is 0. The predicted octanol–water partition coefficient (Wildman–Crippen LogP) is 3.32. The Morgan fingerprint density at radius 3 is 3.00 bits per heavy atom. The number of ketones is 1. The molecule has 3 fully saturated rings. The summed E-state index contributed by atoms with van der Waals surface area (Å²) in [6.07, 6.45) is 5.89. The molecule has 0 aliphatic carbocycles. The summed E-state index contributed by atoms with van der Waals surface area (Å²) in [5.74, 6) is 2.07. The Labute approximate surface area is 142 Å². The van der Waals surface area contributed by atoms with Gasteiger partial charge in [0, 0.05) is 23.7 Å². The number of nitrogens with zero attached hydrogens (tertiary/aromatic N) is 2. The molecule has 24 heavy (non-hydrogen) atoms. The van der Waals surface area contributed by atoms with E-state index in [-0.39, 0.29) is 11.8 Å². The van der Waals surface area contributed by atoms with E-state index < -0.39 is 0 Å². The average molecular weight is 322 g/mol. The Morgan fingerprint density at radius 1 is 1.42 bits per heavy atom. The molecule has 2 bridgehead atoms. The van der Waals surface area contributed by atoms with Gasteiger partial charge in [0.2, 0.25) is 0 Å². The highest BCUT2D eigenvalue weighted by Gasteiger charge is 2.42. The van der Waals surface area contributed by atoms with Crippen molar-refractivity contribution in [2.24, 2.45) is 11.8 Å². The largest absolute Gasteiger partial charge is 0.497 e. The topological polar surface area (TPSA) is 42.4 Å². The van der Waals surface area contributed by atoms with Crippen LogP contribution < -0.4 is 4.74 Å². The van der Waals surface area contributed by atoms with E-state index in [1.807, 2.05) is 24.3 Å². The van der Waals surface area contributed by atoms with Crippen molar-refractivity contribution in [2.75, 3.05) is 20.2 Å². The lowest BCUT2D eigenvalue weighted by Gasteiger charge is -2.48. The van der Waals surface area contributed by atoms with Crippen molar-refractivity contribution in [3.63, 3.8) is 0 Å². The van der Waals surface area contributed by atoms with E-state index in [1.54, 1.807) is 13.3 Å². The van der Waals surface area contributed by atoms with Gasteiger partial charge < -0.3 is 4.74 Å². The molecule has 4 nitrogen and oxygen atoms in total. The van der Waals surface area contributed by atoms with Gasteiger partial charge in [0.05, 0.1) is 18.7 Å². The van der Waals surface area contributed by atoms with E-state index in [4.69, 9.17) is 4.74 Å². The van der Waals surface area contributed by atoms with Crippen LogP contribution in [0.25, 0.3) is 10.9 Å². The molecule has 0 radical (unpaired) electrons. The van der Waals surface area contributed by atoms with Crippen LogP contribution in [0.3, 0.4) is 0 Å². The lowest BCUT2D eigenvalue weighted by atomic mass is 9.74. The van der Waals surface area contributed by atoms with Crippen molar-refractivity contribution >= 4 is 16.7 Å². The number of carbonyl (C=O) groups is 1. The number of rotatable bonds is 4. The van der Waals surface area contributed by atoms with Gasteiger partial charge in [-0.05, 0) is 55.5 Å². The number of methoxy groups -OCH3 is 1. The summed E-state index contributed by atoms with van der Waals surface area (Å²) in [6, 6.07) is 7.53. The van der Waals surface area contributed by atoms with Gasteiger partial charge in [-0.3, -0.25) is 14.7 Å². The van der Waals surface area contributed by atoms with Crippen molar-refractivity contribution in [1.82, 2.24) is 9.88 Å². The summed E-state index contributed by atoms with van der Waals surface area (Å²) < 4.78 is 5.32. The molecule has 1 aromatic carbocycles. The number of benzene rings is 1. The third kappa shape index (κ3) is 2.42. The molecular formula is C20H22N2O2. The van der Waals surface area contributed by atoms with Crippen molar-refractivity contribution < 1.29 is 9.53 Å². The molecule has 5 rings (SSSR count). The van der Waals surface area contributed by atoms with Crippen molar-refractivity contribution in [3.8, 4) is 5.75 Å². The lowest BCUT2D eigenvalue weighted by Crippen LogP contribution is -2.55. The van der Waals surface area contributed by atoms with E-state index in [2.05, 4.69) is 22.5 Å². The number of hydrogen-bond donors (Lipinski definition) is 0. The van der Waals surface area contributed by atoms with Gasteiger partial charge in [0.25, 0.3) is 0 Å². The monoisotopic (exact) mass is 322 g/mol. The van der Waals surface area contributed by atoms with Gasteiger partial charge in [-0.1, -0.05) is 6.08 Å². The second-order valence-corrected chi connectivity index (χ2v) is 6.80. The molecule has 1 aromatic heterocycles. The number of hydrogen-bond acceptors (Lipinski definition) is 4. The Balaban J connectivity index is 1.70. The smallest absolute Gasteiger partial charge is 0.180 e. The van der Waals surface area contributed by atoms with Crippen LogP contribution in [-0.4, -0.2) is 41.9 Å². The van der Waals surface area contributed by atoms with Crippen LogP contribution in [0.2, 0.25) is 0 Å². The van der Waals surface area contributed by atoms with Crippen LogP contribution >= 0.6 is 0 Å². The minimum absolute atomic E-state index is 0.0169. The van der Waals surface area contributed by atoms with E-state index in [0.717, 1.165) is 41.7 Å². The maximum absolute atomic E-state index is 13.3. The number of ether oxygens (including phenoxy) is 1. The average Bonchev–Trinajstić information content (AvgIpc) is 2.66. The number of fused-ring (bicyclic) bond motifs is 4. The fourth-order valence-electron chi connectivity index (χ4n) is 4.25. The van der Waals surface area contributed by atoms with Crippen molar-refractivity contribution in [2.45, 2.75) is 18.9 Å². The molecule has 3 unspecified atom stereocenters. The fraction of sp³-hybridized carbons (Fsp3) is 0.400. The molecule has 2 aromatic rings. The van der Waals surface area contributed by atoms with Crippen LogP contribution in [0.4, 0.5) is 0 Å². The van der Waals surface area contributed by atoms with Gasteiger partial charge in [0.1, 0.15) is 5.75 Å². The van der Waals surface area contributed by atoms with Gasteiger partial charge in [0.15, 0.2) is 5.78 Å². The highest BCUT2D eigenvalue weighted by atomic mass is 16.5. The molecule has 0 spiro atoms. The Kier molecular flexibility index (Phi) is 3.85. The fourth-order valence-corrected chi connectivity index (χ4v) is 4.25. The van der Waals surface area contributed by atoms with Crippen LogP contribution in [0.1, 0.15) is 23.2 Å². The zero-order valence-electron chi connectivity index (χ0n) is 13.9. The van der Waals surface area contributed by atoms with Crippen molar-refractivity contribution in [3.05, 3.63) is 48.7 Å². The van der Waals surface area contributed by atoms with Gasteiger partial charge in [-0.15, -0.1) is 6.58 Å². The molecule has 4 atom stereocenters. The number of aromatic nitrogens is 1. The minimum Gasteiger partial charge on any atom is -0.497 e. The lowest BCUT2D eigenvalue weighted by molar-refractivity contribution is 0.0205. The first-order valence-electron chi connectivity index (χ1n) is 8.55. The highest BCUT2D eigenvalue weighted by Crippen LogP contribution is 2.38. The van der Waals surface area contributed by atoms with E-state index in [9.17, 15) is 4.79 Å². The van der Waals surface area contributed by atoms with Gasteiger partial charge in [-0.25, -0.2) is 0 Å². The molecule has 0 N–H and O–H groups in total. The first-order valence-corrected chi connectivity index (χ1v) is 8.55. The van der Waals surface area contributed by atoms with Crippen LogP contribution in [0.15, 0.2) is 43.1 Å². The molecule has 4 heteroatoms. The highest BCUT2D eigenvalue weighted by molar-refractivity contribution is 6.10. The second-order valence-electron chi connectivity index (χ2n) is 6.80. The number of piperidine rings is 3. The zero-order chi connectivity index (χ0) is 16.7. The molecule has 4 heterocycles. The summed E-state index contributed by atoms with van der Waals surface area (Å²) in [6.45, 7) is 5.92. The Bertz CT molecular complexity index is 801. The zero-order valence-corrected chi connectivity index (χ0v) is 13.9. The Morgan fingerprint density at radius 2 is 2.29 bits per heavy atom. The molecule has 0 amide bonds. The van der Waals surface area contributed by atoms with Gasteiger partial charge in [-0.2, -0.15) is 0 Å². The molecule has 3 saturated heterocycles. The minimum atomic E-state index is -0.0169. The summed E-state index contributed by atoms with van der Waals surface area (Å²) in [7, 11) is 1.64. The maximum Gasteiger partial charge on any atom is 0.180 e. The molecule has 3 aliphatic heterocycles. The predicted molar refractivity (Wildman–Crippen MR) is 94.4 cm³/mol. The first kappa shape index (κ1) is 15.3. The van der Waals surface area contributed by atoms with E-state index in [0.29, 0.717) is 11.8 Å². The molecule has 124 valence electrons. The van der Waals surface area contributed by atoms with Crippen LogP contribution in [-0.2, 0) is 0 Å². The van der Waals surface area contributed by atoms with Crippen molar-refractivity contribution in [1.29, 1.82) is 0 Å². The quantitative estimate of drug-likeness (QED) is 0.640. The molecular weight excluding hydrogens is 300 g/mol. The standard InChI is InChI=1S/C20H22N2O2/c1-3-13-12-22-9-7-14(13)10-19(22)20(23)16-6-8-21-18-5-4-15(24-2)11-17(16)18/h3-6,8,11,13-14,19H,1,7,9-10,12H2,2H3/t13?,14?,19-/m1/s1. The third-order valence-corrected chi connectivity index (χ3v) is 5.62. The third-order valence-electron chi connectivity index (χ3n) is 5.62. The normalized spacial score (nSPS) is 28.7. The second kappa shape index (κ2) is 6.02. The summed E-state index contributed by atoms with van der Waals surface area (Å²) in [4.78, 5) is 20.0. The Hall–Kier alpha value is -2.20. The first-order chi connectivity index (χ1) is 11.7. The molecule has 0 saturated carbocycles. The summed E-state index contributed by atoms with van der Waals surface area (Å²) in [5.41, 5.74) is 1.59. The SMILES string of the molecule is C=CC1CN2CCC1C[C@@H]2C(=O)c1ccnc2ccc(OC)cc12. The van der Waals surface area contributed by atoms with Crippen LogP contribution in [0, 0.1) is 11.8 Å². The number of carbonyl (C=O) groups excluding carboxylic acids is 1. The molecule has 3 aliphatic rings. The van der Waals surface area contributed by atoms with Crippen LogP contribution in [0.5, 0.6) is 5.75 Å². The van der Waals surface area contributed by atoms with E-state index >= 15 is 0 Å². The number of pyridine rings is 1. The number of Topliss-reactive ketones (excluding diaryl/α,β-unsaturated/α-hetero) is 1. The maximum atomic E-state index is 13.3. The van der Waals surface area contributed by atoms with E-state index in [1.165, 1.54) is 6.42 Å². The summed E-state index contributed by atoms with van der Waals surface area (Å²) in [5, 5.41) is 0.879.